The Balaban J connectivity index is 1.60. The standard InChI is InChI=1S/C22H23FN2O3/c1-14-10-18(15(2)25(14)17-7-5-6-16(23)11-17)19(26)13-24-20(27)12-22(21(24)28)8-3-4-9-22/h5-7,10-11H,3-4,8-9,12-13H2,1-2H3. The Morgan fingerprint density at radius 2 is 1.86 bits per heavy atom. The number of hydrogen-bond acceptors (Lipinski definition) is 3. The van der Waals surface area contributed by atoms with Crippen LogP contribution >= 0.6 is 0 Å². The van der Waals surface area contributed by atoms with Crippen LogP contribution in [0.25, 0.3) is 5.69 Å². The van der Waals surface area contributed by atoms with Crippen LogP contribution in [0.15, 0.2) is 30.3 Å². The summed E-state index contributed by atoms with van der Waals surface area (Å²) in [5.41, 5.74) is 1.97. The molecular formula is C22H23FN2O3. The molecule has 0 unspecified atom stereocenters. The highest BCUT2D eigenvalue weighted by atomic mass is 19.1. The summed E-state index contributed by atoms with van der Waals surface area (Å²) in [6.45, 7) is 3.40. The van der Waals surface area contributed by atoms with Crippen LogP contribution in [0.1, 0.15) is 53.8 Å². The van der Waals surface area contributed by atoms with Gasteiger partial charge in [-0.2, -0.15) is 0 Å². The van der Waals surface area contributed by atoms with Gasteiger partial charge in [0.1, 0.15) is 5.82 Å². The van der Waals surface area contributed by atoms with Gasteiger partial charge in [0.2, 0.25) is 11.8 Å². The van der Waals surface area contributed by atoms with Gasteiger partial charge < -0.3 is 4.57 Å². The first kappa shape index (κ1) is 18.6. The molecule has 2 aliphatic rings. The van der Waals surface area contributed by atoms with Gasteiger partial charge in [-0.25, -0.2) is 4.39 Å². The lowest BCUT2D eigenvalue weighted by atomic mass is 9.84. The molecule has 1 aliphatic heterocycles. The Labute approximate surface area is 163 Å². The molecule has 1 saturated heterocycles. The zero-order chi connectivity index (χ0) is 20.1. The Morgan fingerprint density at radius 1 is 1.14 bits per heavy atom. The van der Waals surface area contributed by atoms with Crippen molar-refractivity contribution < 1.29 is 18.8 Å². The minimum Gasteiger partial charge on any atom is -0.318 e. The van der Waals surface area contributed by atoms with E-state index in [4.69, 9.17) is 0 Å². The van der Waals surface area contributed by atoms with Crippen LogP contribution in [0.3, 0.4) is 0 Å². The molecule has 2 heterocycles. The molecule has 146 valence electrons. The van der Waals surface area contributed by atoms with E-state index in [-0.39, 0.29) is 36.4 Å². The summed E-state index contributed by atoms with van der Waals surface area (Å²) in [6, 6.07) is 7.90. The van der Waals surface area contributed by atoms with E-state index in [0.29, 0.717) is 16.9 Å². The van der Waals surface area contributed by atoms with Crippen LogP contribution in [0.5, 0.6) is 0 Å². The number of ketones is 1. The van der Waals surface area contributed by atoms with Crippen molar-refractivity contribution in [1.82, 2.24) is 9.47 Å². The van der Waals surface area contributed by atoms with Crippen molar-refractivity contribution >= 4 is 17.6 Å². The van der Waals surface area contributed by atoms with Crippen LogP contribution in [0.2, 0.25) is 0 Å². The third-order valence-corrected chi connectivity index (χ3v) is 6.15. The highest BCUT2D eigenvalue weighted by Gasteiger charge is 2.52. The maximum atomic E-state index is 13.6. The molecule has 2 fully saturated rings. The van der Waals surface area contributed by atoms with Crippen LogP contribution in [0, 0.1) is 25.1 Å². The second-order valence-electron chi connectivity index (χ2n) is 7.97. The largest absolute Gasteiger partial charge is 0.318 e. The summed E-state index contributed by atoms with van der Waals surface area (Å²) < 4.78 is 15.4. The number of halogens is 1. The van der Waals surface area contributed by atoms with Gasteiger partial charge in [0.05, 0.1) is 12.0 Å². The fraction of sp³-hybridized carbons (Fsp3) is 0.409. The van der Waals surface area contributed by atoms with Gasteiger partial charge in [0.15, 0.2) is 5.78 Å². The Bertz CT molecular complexity index is 986. The summed E-state index contributed by atoms with van der Waals surface area (Å²) in [5.74, 6) is -1.07. The van der Waals surface area contributed by atoms with Gasteiger partial charge in [-0.3, -0.25) is 19.3 Å². The molecule has 2 amide bonds. The van der Waals surface area contributed by atoms with E-state index < -0.39 is 5.41 Å². The van der Waals surface area contributed by atoms with Crippen LogP contribution in [0.4, 0.5) is 4.39 Å². The summed E-state index contributed by atoms with van der Waals surface area (Å²) in [6.07, 6.45) is 3.60. The first-order valence-corrected chi connectivity index (χ1v) is 9.65. The molecule has 0 bridgehead atoms. The highest BCUT2D eigenvalue weighted by molar-refractivity contribution is 6.10. The third kappa shape index (κ3) is 2.87. The number of nitrogens with zero attached hydrogens (tertiary/aromatic N) is 2. The summed E-state index contributed by atoms with van der Waals surface area (Å²) in [5, 5.41) is 0. The van der Waals surface area contributed by atoms with E-state index in [1.54, 1.807) is 25.1 Å². The zero-order valence-corrected chi connectivity index (χ0v) is 16.1. The van der Waals surface area contributed by atoms with Crippen molar-refractivity contribution in [3.05, 3.63) is 53.1 Å². The molecular weight excluding hydrogens is 359 g/mol. The number of carbonyl (C=O) groups excluding carboxylic acids is 3. The average Bonchev–Trinajstić information content (AvgIpc) is 3.29. The van der Waals surface area contributed by atoms with Crippen molar-refractivity contribution in [2.45, 2.75) is 46.0 Å². The molecule has 5 nitrogen and oxygen atoms in total. The smallest absolute Gasteiger partial charge is 0.236 e. The monoisotopic (exact) mass is 382 g/mol. The number of hydrogen-bond donors (Lipinski definition) is 0. The van der Waals surface area contributed by atoms with E-state index in [1.807, 2.05) is 11.5 Å². The first-order chi connectivity index (χ1) is 13.3. The molecule has 0 radical (unpaired) electrons. The van der Waals surface area contributed by atoms with Crippen molar-refractivity contribution in [2.24, 2.45) is 5.41 Å². The van der Waals surface area contributed by atoms with Crippen LogP contribution in [-0.4, -0.2) is 33.6 Å². The number of aromatic nitrogens is 1. The molecule has 0 N–H and O–H groups in total. The first-order valence-electron chi connectivity index (χ1n) is 9.65. The maximum Gasteiger partial charge on any atom is 0.236 e. The summed E-state index contributed by atoms with van der Waals surface area (Å²) in [4.78, 5) is 39.4. The lowest BCUT2D eigenvalue weighted by Gasteiger charge is -2.20. The molecule has 1 saturated carbocycles. The fourth-order valence-electron chi connectivity index (χ4n) is 4.75. The van der Waals surface area contributed by atoms with Crippen molar-refractivity contribution in [1.29, 1.82) is 0 Å². The minimum absolute atomic E-state index is 0.192. The number of aryl methyl sites for hydroxylation is 1. The Morgan fingerprint density at radius 3 is 2.54 bits per heavy atom. The zero-order valence-electron chi connectivity index (χ0n) is 16.1. The van der Waals surface area contributed by atoms with Gasteiger partial charge in [0.25, 0.3) is 0 Å². The van der Waals surface area contributed by atoms with Crippen LogP contribution in [-0.2, 0) is 9.59 Å². The number of Topliss-reactive ketones (excluding diaryl/α,β-unsaturated/α-hetero) is 1. The number of rotatable bonds is 4. The molecule has 6 heteroatoms. The highest BCUT2D eigenvalue weighted by Crippen LogP contribution is 2.46. The average molecular weight is 382 g/mol. The molecule has 1 aromatic carbocycles. The third-order valence-electron chi connectivity index (χ3n) is 6.15. The SMILES string of the molecule is Cc1cc(C(=O)CN2C(=O)CC3(CCCC3)C2=O)c(C)n1-c1cccc(F)c1. The summed E-state index contributed by atoms with van der Waals surface area (Å²) >= 11 is 0. The predicted molar refractivity (Wildman–Crippen MR) is 102 cm³/mol. The molecule has 1 aliphatic carbocycles. The normalized spacial score (nSPS) is 18.5. The van der Waals surface area contributed by atoms with E-state index in [1.165, 1.54) is 12.1 Å². The second-order valence-corrected chi connectivity index (χ2v) is 7.97. The Hall–Kier alpha value is -2.76. The molecule has 4 rings (SSSR count). The van der Waals surface area contributed by atoms with Crippen molar-refractivity contribution in [3.63, 3.8) is 0 Å². The Kier molecular flexibility index (Phi) is 4.44. The van der Waals surface area contributed by atoms with Gasteiger partial charge in [0, 0.05) is 29.1 Å². The lowest BCUT2D eigenvalue weighted by Crippen LogP contribution is -2.38. The van der Waals surface area contributed by atoms with E-state index in [9.17, 15) is 18.8 Å². The van der Waals surface area contributed by atoms with Gasteiger partial charge in [-0.05, 0) is 51.0 Å². The molecule has 1 aromatic heterocycles. The van der Waals surface area contributed by atoms with E-state index >= 15 is 0 Å². The molecule has 0 atom stereocenters. The molecule has 1 spiro atoms. The lowest BCUT2D eigenvalue weighted by molar-refractivity contribution is -0.140. The molecule has 2 aromatic rings. The van der Waals surface area contributed by atoms with Gasteiger partial charge >= 0.3 is 0 Å². The van der Waals surface area contributed by atoms with Gasteiger partial charge in [-0.15, -0.1) is 0 Å². The van der Waals surface area contributed by atoms with Gasteiger partial charge in [-0.1, -0.05) is 18.9 Å². The predicted octanol–water partition coefficient (Wildman–Crippen LogP) is 3.74. The van der Waals surface area contributed by atoms with E-state index in [2.05, 4.69) is 0 Å². The number of imide groups is 1. The van der Waals surface area contributed by atoms with Crippen LogP contribution < -0.4 is 0 Å². The minimum atomic E-state index is -0.574. The number of benzene rings is 1. The quantitative estimate of drug-likeness (QED) is 0.598. The van der Waals surface area contributed by atoms with Crippen molar-refractivity contribution in [3.8, 4) is 5.69 Å². The number of amides is 2. The summed E-state index contributed by atoms with van der Waals surface area (Å²) in [7, 11) is 0. The molecule has 28 heavy (non-hydrogen) atoms. The topological polar surface area (TPSA) is 59.4 Å². The number of likely N-dealkylation sites (tertiary alicyclic amines) is 1. The van der Waals surface area contributed by atoms with E-state index in [0.717, 1.165) is 36.3 Å². The second kappa shape index (κ2) is 6.69. The fourth-order valence-corrected chi connectivity index (χ4v) is 4.75. The van der Waals surface area contributed by atoms with Crippen molar-refractivity contribution in [2.75, 3.05) is 6.54 Å². The maximum absolute atomic E-state index is 13.6. The number of carbonyl (C=O) groups is 3.